The number of halogens is 3. The van der Waals surface area contributed by atoms with Crippen LogP contribution in [0.25, 0.3) is 6.08 Å². The lowest BCUT2D eigenvalue weighted by molar-refractivity contribution is 0.628. The van der Waals surface area contributed by atoms with Gasteiger partial charge in [-0.25, -0.2) is 4.39 Å². The lowest BCUT2D eigenvalue weighted by atomic mass is 10.2. The van der Waals surface area contributed by atoms with E-state index in [1.54, 1.807) is 6.07 Å². The highest BCUT2D eigenvalue weighted by molar-refractivity contribution is 6.42. The van der Waals surface area contributed by atoms with Gasteiger partial charge >= 0.3 is 0 Å². The van der Waals surface area contributed by atoms with Crippen LogP contribution in [0.2, 0.25) is 10.0 Å². The van der Waals surface area contributed by atoms with Gasteiger partial charge in [-0.3, -0.25) is 0 Å². The second kappa shape index (κ2) is 4.27. The fraction of sp³-hybridized carbons (Fsp3) is 0. The van der Waals surface area contributed by atoms with Crippen molar-refractivity contribution in [3.63, 3.8) is 0 Å². The summed E-state index contributed by atoms with van der Waals surface area (Å²) in [5.41, 5.74) is 0.508. The van der Waals surface area contributed by atoms with E-state index >= 15 is 0 Å². The van der Waals surface area contributed by atoms with Crippen LogP contribution in [0.15, 0.2) is 18.2 Å². The molecule has 0 spiro atoms. The number of nitrogens with zero attached hydrogens (tertiary/aromatic N) is 1. The number of allylic oxidation sites excluding steroid dienone is 1. The molecule has 0 aliphatic rings. The minimum atomic E-state index is -0.591. The molecule has 0 N–H and O–H groups in total. The van der Waals surface area contributed by atoms with Gasteiger partial charge in [-0.1, -0.05) is 23.2 Å². The fourth-order valence-corrected chi connectivity index (χ4v) is 1.13. The highest BCUT2D eigenvalue weighted by atomic mass is 35.5. The van der Waals surface area contributed by atoms with Crippen LogP contribution >= 0.6 is 23.2 Å². The average Bonchev–Trinajstić information content (AvgIpc) is 2.10. The van der Waals surface area contributed by atoms with Crippen LogP contribution in [0.3, 0.4) is 0 Å². The summed E-state index contributed by atoms with van der Waals surface area (Å²) in [6.45, 7) is 0. The van der Waals surface area contributed by atoms with Gasteiger partial charge in [0.2, 0.25) is 0 Å². The van der Waals surface area contributed by atoms with E-state index in [2.05, 4.69) is 0 Å². The Labute approximate surface area is 85.0 Å². The Morgan fingerprint density at radius 3 is 2.62 bits per heavy atom. The first-order valence-corrected chi connectivity index (χ1v) is 4.11. The standard InChI is InChI=1S/C9H4Cl2FN/c10-7-4-6(2-1-3-13)5-8(12)9(7)11/h1-2,4-5H. The minimum absolute atomic E-state index is 0.101. The van der Waals surface area contributed by atoms with Gasteiger partial charge in [0.25, 0.3) is 0 Å². The fourth-order valence-electron chi connectivity index (χ4n) is 0.805. The van der Waals surface area contributed by atoms with Crippen LogP contribution in [0.5, 0.6) is 0 Å². The van der Waals surface area contributed by atoms with Crippen LogP contribution in [0.1, 0.15) is 5.56 Å². The molecule has 0 bridgehead atoms. The Morgan fingerprint density at radius 2 is 2.08 bits per heavy atom. The van der Waals surface area contributed by atoms with Crippen molar-refractivity contribution in [3.8, 4) is 6.07 Å². The van der Waals surface area contributed by atoms with Crippen LogP contribution in [-0.4, -0.2) is 0 Å². The van der Waals surface area contributed by atoms with E-state index in [1.165, 1.54) is 24.3 Å². The molecule has 0 saturated carbocycles. The van der Waals surface area contributed by atoms with Gasteiger partial charge in [0.15, 0.2) is 0 Å². The molecule has 0 radical (unpaired) electrons. The zero-order valence-electron chi connectivity index (χ0n) is 6.39. The Kier molecular flexibility index (Phi) is 3.30. The lowest BCUT2D eigenvalue weighted by Gasteiger charge is -1.99. The second-order valence-electron chi connectivity index (χ2n) is 2.26. The molecule has 0 atom stereocenters. The van der Waals surface area contributed by atoms with E-state index in [1.807, 2.05) is 0 Å². The van der Waals surface area contributed by atoms with E-state index < -0.39 is 5.82 Å². The number of hydrogen-bond donors (Lipinski definition) is 0. The summed E-state index contributed by atoms with van der Waals surface area (Å²) < 4.78 is 12.9. The van der Waals surface area contributed by atoms with Crippen LogP contribution in [0, 0.1) is 17.1 Å². The van der Waals surface area contributed by atoms with Crippen LogP contribution in [0.4, 0.5) is 4.39 Å². The van der Waals surface area contributed by atoms with Gasteiger partial charge in [0.1, 0.15) is 5.82 Å². The first-order valence-electron chi connectivity index (χ1n) is 3.36. The number of hydrogen-bond acceptors (Lipinski definition) is 1. The third kappa shape index (κ3) is 2.45. The quantitative estimate of drug-likeness (QED) is 0.518. The summed E-state index contributed by atoms with van der Waals surface area (Å²) in [6.07, 6.45) is 2.68. The Bertz CT molecular complexity index is 370. The molecule has 0 fully saturated rings. The Balaban J connectivity index is 3.15. The van der Waals surface area contributed by atoms with Crippen molar-refractivity contribution < 1.29 is 4.39 Å². The second-order valence-corrected chi connectivity index (χ2v) is 3.05. The first-order chi connectivity index (χ1) is 6.15. The molecule has 0 heterocycles. The molecule has 0 aliphatic heterocycles. The van der Waals surface area contributed by atoms with Crippen molar-refractivity contribution in [3.05, 3.63) is 39.6 Å². The summed E-state index contributed by atoms with van der Waals surface area (Å²) in [4.78, 5) is 0. The van der Waals surface area contributed by atoms with Crippen LogP contribution in [-0.2, 0) is 0 Å². The monoisotopic (exact) mass is 215 g/mol. The predicted octanol–water partition coefficient (Wildman–Crippen LogP) is 3.67. The summed E-state index contributed by atoms with van der Waals surface area (Å²) in [6, 6.07) is 4.49. The minimum Gasteiger partial charge on any atom is -0.205 e. The first kappa shape index (κ1) is 10.0. The van der Waals surface area contributed by atoms with Crippen molar-refractivity contribution in [2.45, 2.75) is 0 Å². The highest BCUT2D eigenvalue weighted by Crippen LogP contribution is 2.26. The lowest BCUT2D eigenvalue weighted by Crippen LogP contribution is -1.81. The van der Waals surface area contributed by atoms with Crippen LogP contribution < -0.4 is 0 Å². The van der Waals surface area contributed by atoms with Gasteiger partial charge in [-0.2, -0.15) is 5.26 Å². The third-order valence-electron chi connectivity index (χ3n) is 1.36. The van der Waals surface area contributed by atoms with Gasteiger partial charge in [0.05, 0.1) is 16.1 Å². The van der Waals surface area contributed by atoms with Crippen molar-refractivity contribution in [1.82, 2.24) is 0 Å². The number of nitriles is 1. The van der Waals surface area contributed by atoms with E-state index in [0.717, 1.165) is 0 Å². The molecule has 0 amide bonds. The zero-order chi connectivity index (χ0) is 9.84. The van der Waals surface area contributed by atoms with Crippen molar-refractivity contribution >= 4 is 29.3 Å². The van der Waals surface area contributed by atoms with Crippen molar-refractivity contribution in [2.75, 3.05) is 0 Å². The molecule has 0 aromatic heterocycles. The molecule has 1 aromatic rings. The summed E-state index contributed by atoms with van der Waals surface area (Å²) in [5, 5.41) is 8.27. The van der Waals surface area contributed by atoms with Crippen molar-refractivity contribution in [2.24, 2.45) is 0 Å². The molecule has 1 nitrogen and oxygen atoms in total. The van der Waals surface area contributed by atoms with E-state index in [9.17, 15) is 4.39 Å². The molecule has 0 unspecified atom stereocenters. The topological polar surface area (TPSA) is 23.8 Å². The van der Waals surface area contributed by atoms with E-state index in [0.29, 0.717) is 5.56 Å². The molecule has 0 saturated heterocycles. The average molecular weight is 216 g/mol. The van der Waals surface area contributed by atoms with E-state index in [4.69, 9.17) is 28.5 Å². The van der Waals surface area contributed by atoms with Gasteiger partial charge in [0, 0.05) is 6.08 Å². The maximum Gasteiger partial charge on any atom is 0.143 e. The summed E-state index contributed by atoms with van der Waals surface area (Å²) >= 11 is 11.1. The maximum absolute atomic E-state index is 12.9. The smallest absolute Gasteiger partial charge is 0.143 e. The maximum atomic E-state index is 12.9. The van der Waals surface area contributed by atoms with Gasteiger partial charge in [-0.05, 0) is 23.8 Å². The van der Waals surface area contributed by atoms with Gasteiger partial charge < -0.3 is 0 Å². The Hall–Kier alpha value is -1.04. The molecular formula is C9H4Cl2FN. The Morgan fingerprint density at radius 1 is 1.38 bits per heavy atom. The zero-order valence-corrected chi connectivity index (χ0v) is 7.90. The van der Waals surface area contributed by atoms with Crippen molar-refractivity contribution in [1.29, 1.82) is 5.26 Å². The molecule has 13 heavy (non-hydrogen) atoms. The van der Waals surface area contributed by atoms with E-state index in [-0.39, 0.29) is 10.0 Å². The molecule has 1 rings (SSSR count). The number of rotatable bonds is 1. The largest absolute Gasteiger partial charge is 0.205 e. The summed E-state index contributed by atoms with van der Waals surface area (Å²) in [5.74, 6) is -0.591. The molecular weight excluding hydrogens is 212 g/mol. The van der Waals surface area contributed by atoms with Gasteiger partial charge in [-0.15, -0.1) is 0 Å². The third-order valence-corrected chi connectivity index (χ3v) is 2.14. The molecule has 66 valence electrons. The highest BCUT2D eigenvalue weighted by Gasteiger charge is 2.05. The molecule has 4 heteroatoms. The molecule has 1 aromatic carbocycles. The summed E-state index contributed by atoms with van der Waals surface area (Å²) in [7, 11) is 0. The number of benzene rings is 1. The SMILES string of the molecule is N#CC=Cc1cc(F)c(Cl)c(Cl)c1. The normalized spacial score (nSPS) is 10.3. The predicted molar refractivity (Wildman–Crippen MR) is 51.1 cm³/mol. The molecule has 0 aliphatic carbocycles.